The van der Waals surface area contributed by atoms with Crippen molar-refractivity contribution >= 4 is 11.4 Å². The molecule has 1 aliphatic heterocycles. The Kier molecular flexibility index (Phi) is 1.50. The van der Waals surface area contributed by atoms with Crippen molar-refractivity contribution in [1.29, 1.82) is 0 Å². The number of fused-ring (bicyclic) bond motifs is 1. The molecule has 2 rings (SSSR count). The van der Waals surface area contributed by atoms with Gasteiger partial charge in [0.05, 0.1) is 18.1 Å². The van der Waals surface area contributed by atoms with Crippen molar-refractivity contribution in [3.05, 3.63) is 24.0 Å². The van der Waals surface area contributed by atoms with Crippen LogP contribution in [0.2, 0.25) is 0 Å². The molecule has 0 aliphatic carbocycles. The molecule has 0 saturated heterocycles. The topological polar surface area (TPSA) is 6.89 Å². The molecule has 12 heavy (non-hydrogen) atoms. The normalized spacial score (nSPS) is 15.2. The molecule has 0 amide bonds. The highest BCUT2D eigenvalue weighted by Crippen LogP contribution is 2.22. The molecule has 2 heteroatoms. The fraction of sp³-hybridized carbons (Fsp3) is 0.400. The highest BCUT2D eigenvalue weighted by atomic mass is 15.0. The van der Waals surface area contributed by atoms with Crippen molar-refractivity contribution < 1.29 is 9.14 Å². The number of aryl methyl sites for hydroxylation is 1. The van der Waals surface area contributed by atoms with E-state index in [-0.39, 0.29) is 0 Å². The Morgan fingerprint density at radius 2 is 2.08 bits per heavy atom. The highest BCUT2D eigenvalue weighted by Gasteiger charge is 2.25. The maximum atomic E-state index is 2.26. The van der Waals surface area contributed by atoms with E-state index in [0.29, 0.717) is 0 Å². The van der Waals surface area contributed by atoms with E-state index < -0.39 is 0 Å². The van der Waals surface area contributed by atoms with Gasteiger partial charge in [0.2, 0.25) is 5.69 Å². The van der Waals surface area contributed by atoms with Gasteiger partial charge in [0, 0.05) is 6.92 Å². The van der Waals surface area contributed by atoms with Gasteiger partial charge in [0.25, 0.3) is 0 Å². The van der Waals surface area contributed by atoms with Gasteiger partial charge in [-0.3, -0.25) is 0 Å². The molecule has 0 bridgehead atoms. The Bertz CT molecular complexity index is 364. The maximum Gasteiger partial charge on any atom is 0.220 e. The predicted molar refractivity (Wildman–Crippen MR) is 47.8 cm³/mol. The summed E-state index contributed by atoms with van der Waals surface area (Å²) in [5.41, 5.74) is 4.21. The van der Waals surface area contributed by atoms with Crippen molar-refractivity contribution in [3.8, 4) is 0 Å². The summed E-state index contributed by atoms with van der Waals surface area (Å²) in [6, 6.07) is 2.17. The molecule has 0 saturated carbocycles. The third-order valence-electron chi connectivity index (χ3n) is 2.54. The summed E-state index contributed by atoms with van der Waals surface area (Å²) in [5.74, 6) is 0. The quantitative estimate of drug-likeness (QED) is 0.498. The number of aromatic nitrogens is 1. The Morgan fingerprint density at radius 3 is 2.83 bits per heavy atom. The highest BCUT2D eigenvalue weighted by molar-refractivity contribution is 5.84. The predicted octanol–water partition coefficient (Wildman–Crippen LogP) is 0.802. The molecule has 62 valence electrons. The molecule has 2 heterocycles. The molecule has 1 aromatic heterocycles. The lowest BCUT2D eigenvalue weighted by Gasteiger charge is -1.91. The van der Waals surface area contributed by atoms with Crippen molar-refractivity contribution in [2.75, 3.05) is 7.05 Å². The lowest BCUT2D eigenvalue weighted by Crippen LogP contribution is -2.26. The molecular formula is C10H14N2+2. The molecule has 0 N–H and O–H groups in total. The van der Waals surface area contributed by atoms with E-state index in [1.54, 1.807) is 0 Å². The zero-order chi connectivity index (χ0) is 8.72. The number of rotatable bonds is 0. The standard InChI is InChI=1S/C10H14N2/c1-8-6-9-7-11(2)5-4-10(9)12(8)3/h4-5,7H,6H2,1-3H3/q+2. The van der Waals surface area contributed by atoms with E-state index in [1.165, 1.54) is 17.0 Å². The van der Waals surface area contributed by atoms with E-state index >= 15 is 0 Å². The molecule has 0 unspecified atom stereocenters. The molecule has 0 radical (unpaired) electrons. The number of hydrogen-bond acceptors (Lipinski definition) is 0. The Hall–Kier alpha value is -1.18. The van der Waals surface area contributed by atoms with Crippen molar-refractivity contribution in [2.45, 2.75) is 13.3 Å². The van der Waals surface area contributed by atoms with Crippen LogP contribution in [0.3, 0.4) is 0 Å². The van der Waals surface area contributed by atoms with Crippen LogP contribution in [0.25, 0.3) is 0 Å². The summed E-state index contributed by atoms with van der Waals surface area (Å²) in [4.78, 5) is 0. The first kappa shape index (κ1) is 7.47. The van der Waals surface area contributed by atoms with Crippen LogP contribution in [-0.4, -0.2) is 17.3 Å². The molecule has 0 atom stereocenters. The maximum absolute atomic E-state index is 2.26. The summed E-state index contributed by atoms with van der Waals surface area (Å²) in [5, 5.41) is 0. The van der Waals surface area contributed by atoms with Crippen molar-refractivity contribution in [3.63, 3.8) is 0 Å². The summed E-state index contributed by atoms with van der Waals surface area (Å²) in [6.07, 6.45) is 5.39. The van der Waals surface area contributed by atoms with Gasteiger partial charge in [-0.05, 0) is 0 Å². The Morgan fingerprint density at radius 1 is 1.33 bits per heavy atom. The molecule has 0 aromatic carbocycles. The minimum absolute atomic E-state index is 1.10. The van der Waals surface area contributed by atoms with Crippen molar-refractivity contribution in [2.24, 2.45) is 7.05 Å². The van der Waals surface area contributed by atoms with Gasteiger partial charge < -0.3 is 0 Å². The fourth-order valence-electron chi connectivity index (χ4n) is 1.71. The van der Waals surface area contributed by atoms with Crippen molar-refractivity contribution in [1.82, 2.24) is 0 Å². The van der Waals surface area contributed by atoms with Crippen LogP contribution in [0.1, 0.15) is 12.5 Å². The van der Waals surface area contributed by atoms with E-state index in [4.69, 9.17) is 0 Å². The summed E-state index contributed by atoms with van der Waals surface area (Å²) in [7, 11) is 4.19. The number of nitrogens with zero attached hydrogens (tertiary/aromatic N) is 2. The first-order valence-corrected chi connectivity index (χ1v) is 4.23. The minimum atomic E-state index is 1.10. The number of pyridine rings is 1. The molecule has 0 spiro atoms. The zero-order valence-corrected chi connectivity index (χ0v) is 7.83. The average molecular weight is 162 g/mol. The average Bonchev–Trinajstić information content (AvgIpc) is 2.28. The summed E-state index contributed by atoms with van der Waals surface area (Å²) < 4.78 is 4.36. The van der Waals surface area contributed by atoms with Gasteiger partial charge in [-0.25, -0.2) is 9.14 Å². The monoisotopic (exact) mass is 162 g/mol. The molecule has 2 nitrogen and oxygen atoms in total. The van der Waals surface area contributed by atoms with Crippen LogP contribution in [0.5, 0.6) is 0 Å². The fourth-order valence-corrected chi connectivity index (χ4v) is 1.71. The SMILES string of the molecule is CC1=[N+](C)c2cc[n+](C)cc2C1. The van der Waals surface area contributed by atoms with Gasteiger partial charge in [-0.2, -0.15) is 0 Å². The Labute approximate surface area is 72.8 Å². The van der Waals surface area contributed by atoms with Gasteiger partial charge in [-0.15, -0.1) is 0 Å². The van der Waals surface area contributed by atoms with Gasteiger partial charge in [0.15, 0.2) is 18.1 Å². The first-order chi connectivity index (χ1) is 5.68. The lowest BCUT2D eigenvalue weighted by atomic mass is 10.2. The second-order valence-electron chi connectivity index (χ2n) is 3.49. The van der Waals surface area contributed by atoms with Crippen LogP contribution >= 0.6 is 0 Å². The third-order valence-corrected chi connectivity index (χ3v) is 2.54. The zero-order valence-electron chi connectivity index (χ0n) is 7.83. The molecule has 1 aliphatic rings. The minimum Gasteiger partial charge on any atom is -0.207 e. The van der Waals surface area contributed by atoms with E-state index in [0.717, 1.165) is 6.42 Å². The van der Waals surface area contributed by atoms with Crippen LogP contribution in [0, 0.1) is 0 Å². The first-order valence-electron chi connectivity index (χ1n) is 4.23. The second kappa shape index (κ2) is 2.41. The van der Waals surface area contributed by atoms with Gasteiger partial charge in [-0.1, -0.05) is 0 Å². The van der Waals surface area contributed by atoms with E-state index in [2.05, 4.69) is 48.6 Å². The van der Waals surface area contributed by atoms with E-state index in [9.17, 15) is 0 Å². The van der Waals surface area contributed by atoms with Gasteiger partial charge >= 0.3 is 0 Å². The summed E-state index contributed by atoms with van der Waals surface area (Å²) >= 11 is 0. The van der Waals surface area contributed by atoms with Gasteiger partial charge in [0.1, 0.15) is 14.1 Å². The second-order valence-corrected chi connectivity index (χ2v) is 3.49. The van der Waals surface area contributed by atoms with E-state index in [1.807, 2.05) is 0 Å². The lowest BCUT2D eigenvalue weighted by molar-refractivity contribution is -0.672. The Balaban J connectivity index is 2.58. The van der Waals surface area contributed by atoms with Crippen LogP contribution in [-0.2, 0) is 13.5 Å². The molecule has 0 fully saturated rings. The van der Waals surface area contributed by atoms with Crippen LogP contribution in [0.4, 0.5) is 5.69 Å². The molecule has 1 aromatic rings. The van der Waals surface area contributed by atoms with Crippen LogP contribution in [0.15, 0.2) is 18.5 Å². The van der Waals surface area contributed by atoms with Crippen LogP contribution < -0.4 is 4.57 Å². The number of hydrogen-bond donors (Lipinski definition) is 0. The largest absolute Gasteiger partial charge is 0.220 e. The third kappa shape index (κ3) is 0.951. The smallest absolute Gasteiger partial charge is 0.207 e. The summed E-state index contributed by atoms with van der Waals surface area (Å²) in [6.45, 7) is 2.18. The molecular weight excluding hydrogens is 148 g/mol.